The number of piperidine rings is 1. The summed E-state index contributed by atoms with van der Waals surface area (Å²) in [5.74, 6) is 0. The van der Waals surface area contributed by atoms with E-state index in [-0.39, 0.29) is 11.1 Å². The molecule has 0 saturated carbocycles. The minimum absolute atomic E-state index is 0.0103. The van der Waals surface area contributed by atoms with Crippen LogP contribution in [0, 0.1) is 0 Å². The maximum absolute atomic E-state index is 13.1. The smallest absolute Gasteiger partial charge is 0.243 e. The Bertz CT molecular complexity index is 696. The highest BCUT2D eigenvalue weighted by molar-refractivity contribution is 7.89. The predicted octanol–water partition coefficient (Wildman–Crippen LogP) is 4.22. The van der Waals surface area contributed by atoms with Crippen molar-refractivity contribution in [1.82, 2.24) is 4.31 Å². The van der Waals surface area contributed by atoms with E-state index < -0.39 is 18.3 Å². The summed E-state index contributed by atoms with van der Waals surface area (Å²) < 4.78 is 34.1. The van der Waals surface area contributed by atoms with Gasteiger partial charge in [0.25, 0.3) is 0 Å². The molecule has 5 nitrogen and oxygen atoms in total. The summed E-state index contributed by atoms with van der Waals surface area (Å²) in [6.45, 7) is 12.3. The van der Waals surface area contributed by atoms with Crippen molar-refractivity contribution >= 4 is 24.0 Å². The minimum Gasteiger partial charge on any atom is -0.417 e. The molecular formula is C19H34N2O3SSi. The highest BCUT2D eigenvalue weighted by Gasteiger charge is 2.38. The Balaban J connectivity index is 2.09. The normalized spacial score (nSPS) is 20.3. The monoisotopic (exact) mass is 398 g/mol. The van der Waals surface area contributed by atoms with E-state index in [9.17, 15) is 8.42 Å². The Labute approximate surface area is 160 Å². The van der Waals surface area contributed by atoms with Crippen LogP contribution in [-0.2, 0) is 14.4 Å². The lowest BCUT2D eigenvalue weighted by molar-refractivity contribution is 0.194. The summed E-state index contributed by atoms with van der Waals surface area (Å²) in [6.07, 6.45) is 3.63. The summed E-state index contributed by atoms with van der Waals surface area (Å²) >= 11 is 0. The molecule has 1 aliphatic rings. The van der Waals surface area contributed by atoms with Crippen LogP contribution in [0.25, 0.3) is 0 Å². The lowest BCUT2D eigenvalue weighted by Crippen LogP contribution is -2.46. The molecule has 0 amide bonds. The van der Waals surface area contributed by atoms with Gasteiger partial charge in [-0.25, -0.2) is 8.42 Å². The van der Waals surface area contributed by atoms with Gasteiger partial charge in [-0.05, 0) is 61.7 Å². The van der Waals surface area contributed by atoms with Crippen molar-refractivity contribution in [3.05, 3.63) is 24.3 Å². The Morgan fingerprint density at radius 1 is 1.19 bits per heavy atom. The van der Waals surface area contributed by atoms with Gasteiger partial charge in [-0.3, -0.25) is 0 Å². The second kappa shape index (κ2) is 8.00. The molecule has 0 aromatic heterocycles. The van der Waals surface area contributed by atoms with E-state index in [4.69, 9.17) is 10.2 Å². The first-order chi connectivity index (χ1) is 11.9. The van der Waals surface area contributed by atoms with Crippen molar-refractivity contribution in [2.45, 2.75) is 75.5 Å². The van der Waals surface area contributed by atoms with Gasteiger partial charge in [-0.2, -0.15) is 4.31 Å². The number of nitrogens with zero attached hydrogens (tertiary/aromatic N) is 1. The van der Waals surface area contributed by atoms with Gasteiger partial charge in [0.2, 0.25) is 10.0 Å². The second-order valence-electron chi connectivity index (χ2n) is 8.73. The molecule has 1 aromatic carbocycles. The summed E-state index contributed by atoms with van der Waals surface area (Å²) in [6, 6.07) is 6.50. The van der Waals surface area contributed by atoms with Crippen molar-refractivity contribution in [1.29, 1.82) is 0 Å². The lowest BCUT2D eigenvalue weighted by Gasteiger charge is -2.38. The maximum atomic E-state index is 13.1. The van der Waals surface area contributed by atoms with E-state index in [0.717, 1.165) is 25.7 Å². The topological polar surface area (TPSA) is 72.6 Å². The minimum atomic E-state index is -3.49. The van der Waals surface area contributed by atoms with Gasteiger partial charge in [-0.15, -0.1) is 0 Å². The van der Waals surface area contributed by atoms with Crippen molar-refractivity contribution in [2.75, 3.05) is 18.9 Å². The maximum Gasteiger partial charge on any atom is 0.243 e. The molecule has 1 fully saturated rings. The molecule has 1 aromatic rings. The van der Waals surface area contributed by atoms with Gasteiger partial charge < -0.3 is 10.2 Å². The Kier molecular flexibility index (Phi) is 6.59. The Morgan fingerprint density at radius 3 is 2.38 bits per heavy atom. The van der Waals surface area contributed by atoms with E-state index in [0.29, 0.717) is 23.7 Å². The van der Waals surface area contributed by atoms with E-state index in [1.54, 1.807) is 28.6 Å². The molecule has 1 atom stereocenters. The molecule has 2 rings (SSSR count). The van der Waals surface area contributed by atoms with E-state index in [1.165, 1.54) is 0 Å². The molecule has 7 heteroatoms. The van der Waals surface area contributed by atoms with E-state index in [1.807, 2.05) is 0 Å². The Hall–Kier alpha value is -0.893. The quantitative estimate of drug-likeness (QED) is 0.575. The number of hydrogen-bond donors (Lipinski definition) is 1. The number of rotatable bonds is 6. The van der Waals surface area contributed by atoms with Crippen LogP contribution < -0.4 is 5.73 Å². The number of hydrogen-bond acceptors (Lipinski definition) is 4. The Morgan fingerprint density at radius 2 is 1.81 bits per heavy atom. The van der Waals surface area contributed by atoms with E-state index >= 15 is 0 Å². The zero-order chi connectivity index (χ0) is 19.6. The van der Waals surface area contributed by atoms with E-state index in [2.05, 4.69) is 33.9 Å². The molecule has 1 aliphatic heterocycles. The molecule has 0 radical (unpaired) electrons. The van der Waals surface area contributed by atoms with Gasteiger partial charge >= 0.3 is 0 Å². The van der Waals surface area contributed by atoms with Crippen LogP contribution in [0.15, 0.2) is 29.2 Å². The summed E-state index contributed by atoms with van der Waals surface area (Å²) in [5.41, 5.74) is 6.27. The van der Waals surface area contributed by atoms with Gasteiger partial charge in [0, 0.05) is 24.9 Å². The number of sulfonamides is 1. The molecule has 0 bridgehead atoms. The molecule has 1 saturated heterocycles. The molecule has 0 unspecified atom stereocenters. The number of anilines is 1. The number of benzene rings is 1. The zero-order valence-corrected chi connectivity index (χ0v) is 18.6. The number of nitrogens with two attached hydrogens (primary N) is 1. The van der Waals surface area contributed by atoms with Gasteiger partial charge in [0.15, 0.2) is 8.32 Å². The summed E-state index contributed by atoms with van der Waals surface area (Å²) in [4.78, 5) is 0.323. The molecule has 0 spiro atoms. The lowest BCUT2D eigenvalue weighted by atomic mass is 10.0. The summed E-state index contributed by atoms with van der Waals surface area (Å²) in [5, 5.41) is 0.162. The summed E-state index contributed by atoms with van der Waals surface area (Å²) in [7, 11) is -5.30. The first kappa shape index (κ1) is 21.4. The molecule has 26 heavy (non-hydrogen) atoms. The second-order valence-corrected chi connectivity index (χ2v) is 15.4. The SMILES string of the molecule is CC(C)(C)[Si](C)(C)OCC[C@@H]1CCCCN1S(=O)(=O)c1ccc(N)cc1. The average Bonchev–Trinajstić information content (AvgIpc) is 2.54. The largest absolute Gasteiger partial charge is 0.417 e. The van der Waals surface area contributed by atoms with Crippen LogP contribution >= 0.6 is 0 Å². The fourth-order valence-corrected chi connectivity index (χ4v) is 5.81. The molecule has 148 valence electrons. The highest BCUT2D eigenvalue weighted by Crippen LogP contribution is 2.37. The zero-order valence-electron chi connectivity index (χ0n) is 16.8. The van der Waals surface area contributed by atoms with Crippen molar-refractivity contribution in [2.24, 2.45) is 0 Å². The van der Waals surface area contributed by atoms with Crippen LogP contribution in [0.3, 0.4) is 0 Å². The first-order valence-corrected chi connectivity index (χ1v) is 13.8. The third-order valence-corrected chi connectivity index (χ3v) is 12.3. The first-order valence-electron chi connectivity index (χ1n) is 9.46. The van der Waals surface area contributed by atoms with Crippen LogP contribution in [0.2, 0.25) is 18.1 Å². The predicted molar refractivity (Wildman–Crippen MR) is 110 cm³/mol. The van der Waals surface area contributed by atoms with Crippen molar-refractivity contribution in [3.8, 4) is 0 Å². The van der Waals surface area contributed by atoms with Crippen molar-refractivity contribution < 1.29 is 12.8 Å². The fraction of sp³-hybridized carbons (Fsp3) is 0.684. The highest BCUT2D eigenvalue weighted by atomic mass is 32.2. The van der Waals surface area contributed by atoms with Gasteiger partial charge in [0.1, 0.15) is 0 Å². The van der Waals surface area contributed by atoms with Crippen LogP contribution in [-0.4, -0.2) is 40.2 Å². The van der Waals surface area contributed by atoms with Crippen molar-refractivity contribution in [3.63, 3.8) is 0 Å². The van der Waals surface area contributed by atoms with Gasteiger partial charge in [0.05, 0.1) is 4.90 Å². The average molecular weight is 399 g/mol. The standard InChI is InChI=1S/C19H34N2O3SSi/c1-19(2,3)26(4,5)24-15-13-17-8-6-7-14-21(17)25(22,23)18-11-9-16(20)10-12-18/h9-12,17H,6-8,13-15,20H2,1-5H3/t17-/m0/s1. The molecule has 2 N–H and O–H groups in total. The van der Waals surface area contributed by atoms with Crippen LogP contribution in [0.5, 0.6) is 0 Å². The van der Waals surface area contributed by atoms with Crippen LogP contribution in [0.1, 0.15) is 46.5 Å². The third-order valence-electron chi connectivity index (χ3n) is 5.78. The van der Waals surface area contributed by atoms with Crippen LogP contribution in [0.4, 0.5) is 5.69 Å². The third kappa shape index (κ3) is 4.88. The van der Waals surface area contributed by atoms with Gasteiger partial charge in [-0.1, -0.05) is 27.2 Å². The number of nitrogen functional groups attached to an aromatic ring is 1. The molecule has 0 aliphatic carbocycles. The molecular weight excluding hydrogens is 364 g/mol. The molecule has 1 heterocycles. The fourth-order valence-electron chi connectivity index (χ4n) is 3.02.